The first-order chi connectivity index (χ1) is 6.24. The second-order valence-corrected chi connectivity index (χ2v) is 4.04. The van der Waals surface area contributed by atoms with Crippen LogP contribution in [0.25, 0.3) is 10.9 Å². The van der Waals surface area contributed by atoms with Crippen molar-refractivity contribution in [3.05, 3.63) is 28.1 Å². The van der Waals surface area contributed by atoms with Gasteiger partial charge in [-0.25, -0.2) is 0 Å². The van der Waals surface area contributed by atoms with Gasteiger partial charge in [0.05, 0.1) is 15.0 Å². The van der Waals surface area contributed by atoms with Crippen molar-refractivity contribution < 1.29 is 0 Å². The number of pyridine rings is 1. The van der Waals surface area contributed by atoms with E-state index in [0.29, 0.717) is 0 Å². The highest BCUT2D eigenvalue weighted by molar-refractivity contribution is 9.10. The molecular weight excluding hydrogens is 251 g/mol. The molecule has 0 bridgehead atoms. The highest BCUT2D eigenvalue weighted by Crippen LogP contribution is 2.29. The molecule has 13 heavy (non-hydrogen) atoms. The average molecular weight is 260 g/mol. The molecule has 0 spiro atoms. The Morgan fingerprint density at radius 2 is 2.31 bits per heavy atom. The maximum absolute atomic E-state index is 6.05. The minimum Gasteiger partial charge on any atom is -0.345 e. The molecule has 0 unspecified atom stereocenters. The molecular formula is C9H8BrClN2. The monoisotopic (exact) mass is 258 g/mol. The Morgan fingerprint density at radius 1 is 1.54 bits per heavy atom. The Kier molecular flexibility index (Phi) is 2.30. The Morgan fingerprint density at radius 3 is 3.00 bits per heavy atom. The molecule has 2 nitrogen and oxygen atoms in total. The van der Waals surface area contributed by atoms with Crippen LogP contribution in [0, 0.1) is 0 Å². The predicted octanol–water partition coefficient (Wildman–Crippen LogP) is 3.47. The zero-order valence-electron chi connectivity index (χ0n) is 7.09. The Balaban J connectivity index is 2.89. The number of hydrogen-bond acceptors (Lipinski definition) is 1. The van der Waals surface area contributed by atoms with Gasteiger partial charge < -0.3 is 4.57 Å². The van der Waals surface area contributed by atoms with Gasteiger partial charge in [0.25, 0.3) is 0 Å². The molecule has 0 radical (unpaired) electrons. The third kappa shape index (κ3) is 1.36. The summed E-state index contributed by atoms with van der Waals surface area (Å²) in [5.74, 6) is 0. The number of fused-ring (bicyclic) bond motifs is 1. The molecule has 2 heterocycles. The van der Waals surface area contributed by atoms with Crippen LogP contribution in [0.4, 0.5) is 0 Å². The smallest absolute Gasteiger partial charge is 0.0677 e. The Bertz CT molecular complexity index is 450. The molecule has 2 aromatic heterocycles. The van der Waals surface area contributed by atoms with Gasteiger partial charge in [0, 0.05) is 30.5 Å². The van der Waals surface area contributed by atoms with Crippen molar-refractivity contribution in [3.63, 3.8) is 0 Å². The first-order valence-electron chi connectivity index (χ1n) is 4.02. The lowest BCUT2D eigenvalue weighted by Crippen LogP contribution is -1.91. The number of aromatic nitrogens is 2. The maximum atomic E-state index is 6.05. The highest BCUT2D eigenvalue weighted by atomic mass is 79.9. The van der Waals surface area contributed by atoms with Gasteiger partial charge in [-0.1, -0.05) is 11.6 Å². The van der Waals surface area contributed by atoms with Crippen molar-refractivity contribution in [2.75, 3.05) is 0 Å². The van der Waals surface area contributed by atoms with Crippen LogP contribution in [-0.4, -0.2) is 9.55 Å². The van der Waals surface area contributed by atoms with Crippen LogP contribution < -0.4 is 0 Å². The fourth-order valence-electron chi connectivity index (χ4n) is 1.42. The third-order valence-electron chi connectivity index (χ3n) is 2.03. The SMILES string of the molecule is CCn1cc(Cl)c2cncc(Br)c21. The molecule has 0 atom stereocenters. The summed E-state index contributed by atoms with van der Waals surface area (Å²) in [5, 5.41) is 1.75. The van der Waals surface area contributed by atoms with Crippen molar-refractivity contribution in [2.24, 2.45) is 0 Å². The van der Waals surface area contributed by atoms with Gasteiger partial charge >= 0.3 is 0 Å². The Labute approximate surface area is 89.7 Å². The number of aryl methyl sites for hydroxylation is 1. The largest absolute Gasteiger partial charge is 0.345 e. The quantitative estimate of drug-likeness (QED) is 0.767. The lowest BCUT2D eigenvalue weighted by Gasteiger charge is -2.00. The van der Waals surface area contributed by atoms with Crippen molar-refractivity contribution in [2.45, 2.75) is 13.5 Å². The average Bonchev–Trinajstić information content (AvgIpc) is 2.45. The molecule has 0 aliphatic heterocycles. The van der Waals surface area contributed by atoms with Gasteiger partial charge in [0.15, 0.2) is 0 Å². The molecule has 0 aromatic carbocycles. The summed E-state index contributed by atoms with van der Waals surface area (Å²) in [6.07, 6.45) is 5.50. The second kappa shape index (κ2) is 3.31. The van der Waals surface area contributed by atoms with E-state index in [1.165, 1.54) is 0 Å². The zero-order valence-corrected chi connectivity index (χ0v) is 9.43. The van der Waals surface area contributed by atoms with E-state index in [0.717, 1.165) is 26.9 Å². The standard InChI is InChI=1S/C9H8BrClN2/c1-2-13-5-8(11)6-3-12-4-7(10)9(6)13/h3-5H,2H2,1H3. The first kappa shape index (κ1) is 9.03. The molecule has 0 aliphatic carbocycles. The molecule has 0 aliphatic rings. The summed E-state index contributed by atoms with van der Waals surface area (Å²) >= 11 is 9.51. The lowest BCUT2D eigenvalue weighted by molar-refractivity contribution is 0.796. The van der Waals surface area contributed by atoms with Crippen LogP contribution in [0.3, 0.4) is 0 Å². The number of rotatable bonds is 1. The first-order valence-corrected chi connectivity index (χ1v) is 5.19. The summed E-state index contributed by atoms with van der Waals surface area (Å²) < 4.78 is 3.09. The topological polar surface area (TPSA) is 17.8 Å². The van der Waals surface area contributed by atoms with Gasteiger partial charge in [-0.15, -0.1) is 0 Å². The highest BCUT2D eigenvalue weighted by Gasteiger charge is 2.08. The van der Waals surface area contributed by atoms with E-state index < -0.39 is 0 Å². The summed E-state index contributed by atoms with van der Waals surface area (Å²) in [7, 11) is 0. The fourth-order valence-corrected chi connectivity index (χ4v) is 2.23. The molecule has 2 rings (SSSR count). The molecule has 0 saturated heterocycles. The van der Waals surface area contributed by atoms with E-state index in [2.05, 4.69) is 32.4 Å². The molecule has 68 valence electrons. The van der Waals surface area contributed by atoms with Crippen LogP contribution in [0.15, 0.2) is 23.1 Å². The summed E-state index contributed by atoms with van der Waals surface area (Å²) in [5.41, 5.74) is 1.11. The molecule has 0 fully saturated rings. The van der Waals surface area contributed by atoms with Crippen molar-refractivity contribution in [1.82, 2.24) is 9.55 Å². The normalized spacial score (nSPS) is 11.0. The maximum Gasteiger partial charge on any atom is 0.0677 e. The van der Waals surface area contributed by atoms with Crippen LogP contribution in [0.2, 0.25) is 5.02 Å². The summed E-state index contributed by atoms with van der Waals surface area (Å²) in [4.78, 5) is 4.08. The van der Waals surface area contributed by atoms with Gasteiger partial charge in [-0.3, -0.25) is 4.98 Å². The van der Waals surface area contributed by atoms with E-state index in [1.54, 1.807) is 12.4 Å². The van der Waals surface area contributed by atoms with Crippen LogP contribution in [-0.2, 0) is 6.54 Å². The molecule has 4 heteroatoms. The number of hydrogen-bond donors (Lipinski definition) is 0. The molecule has 2 aromatic rings. The van der Waals surface area contributed by atoms with Gasteiger partial charge in [0.1, 0.15) is 0 Å². The molecule has 0 saturated carbocycles. The van der Waals surface area contributed by atoms with E-state index in [1.807, 2.05) is 6.20 Å². The van der Waals surface area contributed by atoms with Gasteiger partial charge in [-0.05, 0) is 22.9 Å². The third-order valence-corrected chi connectivity index (χ3v) is 2.91. The van der Waals surface area contributed by atoms with E-state index in [4.69, 9.17) is 11.6 Å². The van der Waals surface area contributed by atoms with E-state index >= 15 is 0 Å². The van der Waals surface area contributed by atoms with Crippen molar-refractivity contribution in [1.29, 1.82) is 0 Å². The van der Waals surface area contributed by atoms with Gasteiger partial charge in [-0.2, -0.15) is 0 Å². The molecule has 0 amide bonds. The van der Waals surface area contributed by atoms with E-state index in [9.17, 15) is 0 Å². The van der Waals surface area contributed by atoms with E-state index in [-0.39, 0.29) is 0 Å². The lowest BCUT2D eigenvalue weighted by atomic mass is 10.3. The van der Waals surface area contributed by atoms with Crippen LogP contribution in [0.5, 0.6) is 0 Å². The Hall–Kier alpha value is -0.540. The van der Waals surface area contributed by atoms with Crippen LogP contribution in [0.1, 0.15) is 6.92 Å². The van der Waals surface area contributed by atoms with Crippen LogP contribution >= 0.6 is 27.5 Å². The van der Waals surface area contributed by atoms with Crippen molar-refractivity contribution >= 4 is 38.4 Å². The predicted molar refractivity (Wildman–Crippen MR) is 58.1 cm³/mol. The second-order valence-electron chi connectivity index (χ2n) is 2.78. The van der Waals surface area contributed by atoms with Gasteiger partial charge in [0.2, 0.25) is 0 Å². The fraction of sp³-hybridized carbons (Fsp3) is 0.222. The minimum absolute atomic E-state index is 0.755. The number of halogens is 2. The van der Waals surface area contributed by atoms with Crippen molar-refractivity contribution in [3.8, 4) is 0 Å². The molecule has 0 N–H and O–H groups in total. The minimum atomic E-state index is 0.755. The number of nitrogens with zero attached hydrogens (tertiary/aromatic N) is 2. The summed E-state index contributed by atoms with van der Waals surface area (Å²) in [6, 6.07) is 0. The summed E-state index contributed by atoms with van der Waals surface area (Å²) in [6.45, 7) is 2.99. The zero-order chi connectivity index (χ0) is 9.42.